The lowest BCUT2D eigenvalue weighted by atomic mass is 9.94. The average molecular weight is 351 g/mol. The van der Waals surface area contributed by atoms with Crippen molar-refractivity contribution in [3.8, 4) is 0 Å². The highest BCUT2D eigenvalue weighted by Gasteiger charge is 2.19. The predicted molar refractivity (Wildman–Crippen MR) is 108 cm³/mol. The lowest BCUT2D eigenvalue weighted by molar-refractivity contribution is -0.115. The molecule has 0 unspecified atom stereocenters. The summed E-state index contributed by atoms with van der Waals surface area (Å²) in [6.45, 7) is 0.864. The first-order valence-electron chi connectivity index (χ1n) is 9.54. The van der Waals surface area contributed by atoms with Crippen LogP contribution in [0.15, 0.2) is 48.5 Å². The second kappa shape index (κ2) is 8.86. The van der Waals surface area contributed by atoms with Crippen LogP contribution in [0.2, 0.25) is 0 Å². The molecule has 0 saturated heterocycles. The molecular formula is C22H29N3O. The highest BCUT2D eigenvalue weighted by atomic mass is 16.1. The van der Waals surface area contributed by atoms with Crippen molar-refractivity contribution < 1.29 is 4.79 Å². The smallest absolute Gasteiger partial charge is 0.228 e. The van der Waals surface area contributed by atoms with Gasteiger partial charge in [0, 0.05) is 24.0 Å². The number of para-hydroxylation sites is 1. The highest BCUT2D eigenvalue weighted by molar-refractivity contribution is 5.93. The first kappa shape index (κ1) is 18.5. The summed E-state index contributed by atoms with van der Waals surface area (Å²) in [6.07, 6.45) is 6.93. The van der Waals surface area contributed by atoms with Gasteiger partial charge in [-0.2, -0.15) is 0 Å². The van der Waals surface area contributed by atoms with Crippen LogP contribution in [0.5, 0.6) is 0 Å². The number of amides is 1. The van der Waals surface area contributed by atoms with Gasteiger partial charge in [-0.3, -0.25) is 9.69 Å². The summed E-state index contributed by atoms with van der Waals surface area (Å²) in [5.41, 5.74) is 9.47. The number of nitrogens with zero attached hydrogens (tertiary/aromatic N) is 1. The second-order valence-corrected chi connectivity index (χ2v) is 7.33. The molecular weight excluding hydrogens is 322 g/mol. The van der Waals surface area contributed by atoms with Crippen LogP contribution in [-0.2, 0) is 17.8 Å². The number of anilines is 2. The van der Waals surface area contributed by atoms with E-state index in [1.807, 2.05) is 42.5 Å². The molecule has 0 heterocycles. The Labute approximate surface area is 156 Å². The van der Waals surface area contributed by atoms with E-state index in [1.54, 1.807) is 0 Å². The molecule has 1 amide bonds. The quantitative estimate of drug-likeness (QED) is 0.766. The minimum absolute atomic E-state index is 0.00235. The minimum atomic E-state index is 0.00235. The first-order chi connectivity index (χ1) is 12.6. The van der Waals surface area contributed by atoms with Crippen molar-refractivity contribution in [2.24, 2.45) is 0 Å². The van der Waals surface area contributed by atoms with Gasteiger partial charge in [0.05, 0.1) is 6.42 Å². The molecule has 1 fully saturated rings. The SMILES string of the molecule is CN(Cc1ccccc1NC(=O)Cc1ccc(N)cc1)C1CCCCC1. The molecule has 0 bridgehead atoms. The number of hydrogen-bond donors (Lipinski definition) is 2. The molecule has 138 valence electrons. The molecule has 2 aromatic carbocycles. The maximum atomic E-state index is 12.5. The molecule has 3 N–H and O–H groups in total. The molecule has 3 rings (SSSR count). The second-order valence-electron chi connectivity index (χ2n) is 7.33. The number of nitrogens with one attached hydrogen (secondary N) is 1. The molecule has 26 heavy (non-hydrogen) atoms. The number of nitrogens with two attached hydrogens (primary N) is 1. The molecule has 1 saturated carbocycles. The van der Waals surface area contributed by atoms with Gasteiger partial charge in [-0.05, 0) is 49.2 Å². The fourth-order valence-corrected chi connectivity index (χ4v) is 3.72. The summed E-state index contributed by atoms with van der Waals surface area (Å²) >= 11 is 0. The molecule has 0 aliphatic heterocycles. The van der Waals surface area contributed by atoms with Crippen LogP contribution in [0, 0.1) is 0 Å². The van der Waals surface area contributed by atoms with E-state index in [2.05, 4.69) is 23.3 Å². The monoisotopic (exact) mass is 351 g/mol. The number of rotatable bonds is 6. The van der Waals surface area contributed by atoms with Crippen LogP contribution in [0.3, 0.4) is 0 Å². The molecule has 0 radical (unpaired) electrons. The first-order valence-corrected chi connectivity index (χ1v) is 9.54. The fraction of sp³-hybridized carbons (Fsp3) is 0.409. The van der Waals surface area contributed by atoms with Crippen LogP contribution in [0.1, 0.15) is 43.2 Å². The van der Waals surface area contributed by atoms with Crippen molar-refractivity contribution in [1.82, 2.24) is 4.90 Å². The lowest BCUT2D eigenvalue weighted by Crippen LogP contribution is -2.33. The summed E-state index contributed by atoms with van der Waals surface area (Å²) in [7, 11) is 2.20. The third-order valence-corrected chi connectivity index (χ3v) is 5.25. The van der Waals surface area contributed by atoms with Gasteiger partial charge >= 0.3 is 0 Å². The Hall–Kier alpha value is -2.33. The summed E-state index contributed by atoms with van der Waals surface area (Å²) in [4.78, 5) is 14.9. The molecule has 0 atom stereocenters. The van der Waals surface area contributed by atoms with E-state index >= 15 is 0 Å². The van der Waals surface area contributed by atoms with E-state index in [0.717, 1.165) is 17.8 Å². The van der Waals surface area contributed by atoms with Gasteiger partial charge in [0.15, 0.2) is 0 Å². The topological polar surface area (TPSA) is 58.4 Å². The zero-order valence-electron chi connectivity index (χ0n) is 15.6. The Morgan fingerprint density at radius 3 is 2.50 bits per heavy atom. The molecule has 1 aliphatic carbocycles. The number of benzene rings is 2. The van der Waals surface area contributed by atoms with Crippen LogP contribution >= 0.6 is 0 Å². The Bertz CT molecular complexity index is 720. The predicted octanol–water partition coefficient (Wildman–Crippen LogP) is 4.21. The normalized spacial score (nSPS) is 15.2. The standard InChI is InChI=1S/C22H29N3O/c1-25(20-8-3-2-4-9-20)16-18-7-5-6-10-21(18)24-22(26)15-17-11-13-19(23)14-12-17/h5-7,10-14,20H,2-4,8-9,15-16,23H2,1H3,(H,24,26). The molecule has 4 heteroatoms. The Balaban J connectivity index is 1.62. The number of carbonyl (C=O) groups excluding carboxylic acids is 1. The van der Waals surface area contributed by atoms with Crippen molar-refractivity contribution in [3.63, 3.8) is 0 Å². The minimum Gasteiger partial charge on any atom is -0.399 e. The molecule has 0 aromatic heterocycles. The molecule has 1 aliphatic rings. The van der Waals surface area contributed by atoms with Gasteiger partial charge in [0.25, 0.3) is 0 Å². The zero-order chi connectivity index (χ0) is 18.4. The average Bonchev–Trinajstić information content (AvgIpc) is 2.66. The Kier molecular flexibility index (Phi) is 6.29. The maximum Gasteiger partial charge on any atom is 0.228 e. The zero-order valence-corrected chi connectivity index (χ0v) is 15.6. The van der Waals surface area contributed by atoms with E-state index in [0.29, 0.717) is 18.2 Å². The fourth-order valence-electron chi connectivity index (χ4n) is 3.72. The Morgan fingerprint density at radius 2 is 1.77 bits per heavy atom. The van der Waals surface area contributed by atoms with Gasteiger partial charge in [-0.15, -0.1) is 0 Å². The Morgan fingerprint density at radius 1 is 1.08 bits per heavy atom. The molecule has 0 spiro atoms. The van der Waals surface area contributed by atoms with Gasteiger partial charge < -0.3 is 11.1 Å². The van der Waals surface area contributed by atoms with Crippen molar-refractivity contribution >= 4 is 17.3 Å². The third kappa shape index (κ3) is 5.09. The van der Waals surface area contributed by atoms with Crippen LogP contribution < -0.4 is 11.1 Å². The van der Waals surface area contributed by atoms with Crippen LogP contribution in [0.4, 0.5) is 11.4 Å². The van der Waals surface area contributed by atoms with Gasteiger partial charge in [0.1, 0.15) is 0 Å². The lowest BCUT2D eigenvalue weighted by Gasteiger charge is -2.31. The summed E-state index contributed by atoms with van der Waals surface area (Å²) < 4.78 is 0. The largest absolute Gasteiger partial charge is 0.399 e. The van der Waals surface area contributed by atoms with Crippen LogP contribution in [-0.4, -0.2) is 23.9 Å². The van der Waals surface area contributed by atoms with Crippen molar-refractivity contribution in [2.75, 3.05) is 18.1 Å². The highest BCUT2D eigenvalue weighted by Crippen LogP contribution is 2.25. The maximum absolute atomic E-state index is 12.5. The molecule has 4 nitrogen and oxygen atoms in total. The van der Waals surface area contributed by atoms with Crippen molar-refractivity contribution in [1.29, 1.82) is 0 Å². The van der Waals surface area contributed by atoms with Crippen molar-refractivity contribution in [3.05, 3.63) is 59.7 Å². The van der Waals surface area contributed by atoms with Gasteiger partial charge in [-0.1, -0.05) is 49.6 Å². The van der Waals surface area contributed by atoms with E-state index in [4.69, 9.17) is 5.73 Å². The van der Waals surface area contributed by atoms with E-state index < -0.39 is 0 Å². The van der Waals surface area contributed by atoms with Gasteiger partial charge in [-0.25, -0.2) is 0 Å². The summed E-state index contributed by atoms with van der Waals surface area (Å²) in [6, 6.07) is 16.2. The summed E-state index contributed by atoms with van der Waals surface area (Å²) in [5, 5.41) is 3.09. The van der Waals surface area contributed by atoms with Crippen LogP contribution in [0.25, 0.3) is 0 Å². The van der Waals surface area contributed by atoms with Crippen molar-refractivity contribution in [2.45, 2.75) is 51.1 Å². The molecule has 2 aromatic rings. The van der Waals surface area contributed by atoms with Gasteiger partial charge in [0.2, 0.25) is 5.91 Å². The number of hydrogen-bond acceptors (Lipinski definition) is 3. The third-order valence-electron chi connectivity index (χ3n) is 5.25. The number of nitrogen functional groups attached to an aromatic ring is 1. The van der Waals surface area contributed by atoms with E-state index in [9.17, 15) is 4.79 Å². The summed E-state index contributed by atoms with van der Waals surface area (Å²) in [5.74, 6) is 0.00235. The number of carbonyl (C=O) groups is 1. The van der Waals surface area contributed by atoms with E-state index in [1.165, 1.54) is 37.7 Å². The van der Waals surface area contributed by atoms with E-state index in [-0.39, 0.29) is 5.91 Å².